The van der Waals surface area contributed by atoms with E-state index in [0.29, 0.717) is 30.9 Å². The maximum atomic E-state index is 14.0. The molecule has 2 aliphatic heterocycles. The van der Waals surface area contributed by atoms with Gasteiger partial charge < -0.3 is 34.5 Å². The highest BCUT2D eigenvalue weighted by molar-refractivity contribution is 7.89. The number of nitrogens with zero attached hydrogens (tertiary/aromatic N) is 1. The molecule has 7 rings (SSSR count). The number of aliphatic hydroxyl groups is 1. The van der Waals surface area contributed by atoms with Crippen LogP contribution in [0.4, 0.5) is 5.69 Å². The van der Waals surface area contributed by atoms with Crippen molar-refractivity contribution >= 4 is 39.0 Å². The van der Waals surface area contributed by atoms with Gasteiger partial charge in [-0.3, -0.25) is 4.79 Å². The first-order valence-electron chi connectivity index (χ1n) is 21.5. The highest BCUT2D eigenvalue weighted by atomic mass is 32.2. The lowest BCUT2D eigenvalue weighted by Gasteiger charge is -2.30. The largest absolute Gasteiger partial charge is 0.497 e. The molecule has 12 nitrogen and oxygen atoms in total. The number of fused-ring (bicyclic) bond motifs is 2. The number of sulfonamides is 1. The Balaban J connectivity index is 1.08. The highest BCUT2D eigenvalue weighted by Gasteiger charge is 2.53. The Kier molecular flexibility index (Phi) is 13.9. The third-order valence-corrected chi connectivity index (χ3v) is 15.7. The number of thiophene rings is 1. The number of aromatic carboxylic acids is 1. The Morgan fingerprint density at radius 2 is 1.73 bits per heavy atom. The fraction of sp³-hybridized carbons (Fsp3) is 0.500. The molecule has 334 valence electrons. The quantitative estimate of drug-likeness (QED) is 0.0827. The molecule has 2 fully saturated rings. The average Bonchev–Trinajstić information content (AvgIpc) is 3.90. The highest BCUT2D eigenvalue weighted by Crippen LogP contribution is 2.46. The van der Waals surface area contributed by atoms with Crippen LogP contribution in [0.5, 0.6) is 5.75 Å². The average molecular weight is 889 g/mol. The zero-order chi connectivity index (χ0) is 44.4. The maximum Gasteiger partial charge on any atom is 0.337 e. The van der Waals surface area contributed by atoms with Gasteiger partial charge >= 0.3 is 11.9 Å². The number of ether oxygens (including phenoxy) is 4. The molecule has 2 saturated heterocycles. The van der Waals surface area contributed by atoms with Crippen molar-refractivity contribution in [1.82, 2.24) is 4.31 Å². The molecule has 3 heterocycles. The first-order chi connectivity index (χ1) is 29.5. The Hall–Kier alpha value is -4.31. The molecule has 4 aromatic rings. The molecule has 0 saturated carbocycles. The summed E-state index contributed by atoms with van der Waals surface area (Å²) in [6.45, 7) is 11.2. The number of aliphatic hydroxyl groups excluding tert-OH is 1. The number of rotatable bonds is 18. The molecule has 1 aromatic heterocycles. The van der Waals surface area contributed by atoms with E-state index in [4.69, 9.17) is 18.9 Å². The van der Waals surface area contributed by atoms with Gasteiger partial charge in [0.15, 0.2) is 5.79 Å². The minimum atomic E-state index is -4.02. The van der Waals surface area contributed by atoms with Crippen LogP contribution in [0.1, 0.15) is 85.8 Å². The standard InChI is InChI=1S/C48H60N2O10S2/c1-30(2)27-50(62(55,56)36-17-15-35(57-6)16-18-36)28-40(51)33(24-43(52)60-41-29-59-48(5)39(41)20-22-58-48)23-31-11-13-34(14-12-31)49-26-32-9-7-8-10-37(32)45-44(46(53)54)38-25-47(3,4)21-19-42(38)61-45/h7-18,30,33,39-41,49,51H,19-29H2,1-6H3,(H,53,54)/t33-,39-,40+,41-,48+/m0/s1. The summed E-state index contributed by atoms with van der Waals surface area (Å²) in [5, 5.41) is 25.8. The lowest BCUT2D eigenvalue weighted by Crippen LogP contribution is -2.43. The van der Waals surface area contributed by atoms with Crippen molar-refractivity contribution in [2.45, 2.75) is 103 Å². The van der Waals surface area contributed by atoms with Gasteiger partial charge in [0.05, 0.1) is 49.2 Å². The number of carbonyl (C=O) groups is 2. The number of esters is 1. The van der Waals surface area contributed by atoms with E-state index in [1.54, 1.807) is 23.5 Å². The molecular formula is C48H60N2O10S2. The number of aryl methyl sites for hydroxylation is 1. The van der Waals surface area contributed by atoms with E-state index in [2.05, 4.69) is 19.2 Å². The Bertz CT molecular complexity index is 2330. The number of hydrogen-bond donors (Lipinski definition) is 3. The normalized spacial score (nSPS) is 21.6. The van der Waals surface area contributed by atoms with Crippen molar-refractivity contribution in [3.63, 3.8) is 0 Å². The van der Waals surface area contributed by atoms with Crippen LogP contribution in [0.25, 0.3) is 10.4 Å². The molecule has 3 N–H and O–H groups in total. The smallest absolute Gasteiger partial charge is 0.337 e. The van der Waals surface area contributed by atoms with E-state index in [1.807, 2.05) is 69.3 Å². The third-order valence-electron chi connectivity index (χ3n) is 12.6. The number of carboxylic acids is 1. The van der Waals surface area contributed by atoms with Crippen LogP contribution in [-0.2, 0) is 54.8 Å². The fourth-order valence-electron chi connectivity index (χ4n) is 9.11. The number of benzene rings is 3. The van der Waals surface area contributed by atoms with Crippen molar-refractivity contribution in [3.8, 4) is 16.2 Å². The zero-order valence-electron chi connectivity index (χ0n) is 36.5. The van der Waals surface area contributed by atoms with E-state index >= 15 is 0 Å². The first kappa shape index (κ1) is 45.7. The molecule has 0 spiro atoms. The van der Waals surface area contributed by atoms with Crippen molar-refractivity contribution in [3.05, 3.63) is 99.9 Å². The topological polar surface area (TPSA) is 161 Å². The summed E-state index contributed by atoms with van der Waals surface area (Å²) in [6, 6.07) is 21.8. The van der Waals surface area contributed by atoms with Gasteiger partial charge in [0.2, 0.25) is 10.0 Å². The van der Waals surface area contributed by atoms with Crippen molar-refractivity contribution in [2.75, 3.05) is 38.7 Å². The summed E-state index contributed by atoms with van der Waals surface area (Å²) in [7, 11) is -2.51. The minimum Gasteiger partial charge on any atom is -0.497 e. The summed E-state index contributed by atoms with van der Waals surface area (Å²) in [6.07, 6.45) is 1.80. The maximum absolute atomic E-state index is 14.0. The summed E-state index contributed by atoms with van der Waals surface area (Å²) in [5.41, 5.74) is 5.01. The predicted octanol–water partition coefficient (Wildman–Crippen LogP) is 8.20. The second-order valence-electron chi connectivity index (χ2n) is 18.3. The number of carbonyl (C=O) groups excluding carboxylic acids is 1. The van der Waals surface area contributed by atoms with Crippen LogP contribution in [0.2, 0.25) is 0 Å². The SMILES string of the molecule is COc1ccc(S(=O)(=O)N(CC(C)C)C[C@@H](O)[C@H](CC(=O)O[C@H]2CO[C@@]3(C)OCC[C@@H]23)Cc2ccc(NCc3ccccc3-c3sc4c(c3C(=O)O)CC(C)(C)CC4)cc2)cc1. The van der Waals surface area contributed by atoms with Crippen LogP contribution in [0, 0.1) is 23.2 Å². The summed E-state index contributed by atoms with van der Waals surface area (Å²) in [5.74, 6) is -2.49. The molecule has 3 aliphatic rings. The minimum absolute atomic E-state index is 0.0433. The number of nitrogens with one attached hydrogen (secondary N) is 1. The molecule has 1 aliphatic carbocycles. The van der Waals surface area contributed by atoms with E-state index < -0.39 is 45.9 Å². The van der Waals surface area contributed by atoms with Gasteiger partial charge in [0.1, 0.15) is 11.9 Å². The Morgan fingerprint density at radius 3 is 2.42 bits per heavy atom. The van der Waals surface area contributed by atoms with Crippen LogP contribution >= 0.6 is 11.3 Å². The van der Waals surface area contributed by atoms with Gasteiger partial charge in [-0.2, -0.15) is 4.31 Å². The summed E-state index contributed by atoms with van der Waals surface area (Å²) >= 11 is 1.60. The first-order valence-corrected chi connectivity index (χ1v) is 23.8. The number of carboxylic acid groups (broad SMARTS) is 1. The van der Waals surface area contributed by atoms with Gasteiger partial charge in [-0.15, -0.1) is 11.3 Å². The summed E-state index contributed by atoms with van der Waals surface area (Å²) in [4.78, 5) is 28.4. The van der Waals surface area contributed by atoms with Crippen LogP contribution in [-0.4, -0.2) is 86.3 Å². The second kappa shape index (κ2) is 18.8. The van der Waals surface area contributed by atoms with Crippen molar-refractivity contribution in [1.29, 1.82) is 0 Å². The van der Waals surface area contributed by atoms with Crippen LogP contribution in [0.15, 0.2) is 77.7 Å². The van der Waals surface area contributed by atoms with Crippen LogP contribution in [0.3, 0.4) is 0 Å². The predicted molar refractivity (Wildman–Crippen MR) is 239 cm³/mol. The number of anilines is 1. The lowest BCUT2D eigenvalue weighted by atomic mass is 9.76. The van der Waals surface area contributed by atoms with Gasteiger partial charge in [-0.05, 0) is 109 Å². The monoisotopic (exact) mass is 888 g/mol. The third kappa shape index (κ3) is 10.2. The Labute approximate surface area is 369 Å². The zero-order valence-corrected chi connectivity index (χ0v) is 38.2. The fourth-order valence-corrected chi connectivity index (χ4v) is 12.1. The van der Waals surface area contributed by atoms with Crippen molar-refractivity contribution < 1.29 is 47.2 Å². The molecule has 0 bridgehead atoms. The van der Waals surface area contributed by atoms with Gasteiger partial charge in [0.25, 0.3) is 0 Å². The van der Waals surface area contributed by atoms with Crippen LogP contribution < -0.4 is 10.1 Å². The molecule has 14 heteroatoms. The molecule has 62 heavy (non-hydrogen) atoms. The van der Waals surface area contributed by atoms with Gasteiger partial charge in [-0.25, -0.2) is 13.2 Å². The van der Waals surface area contributed by atoms with E-state index in [0.717, 1.165) is 57.0 Å². The van der Waals surface area contributed by atoms with E-state index in [-0.39, 0.29) is 54.7 Å². The van der Waals surface area contributed by atoms with Gasteiger partial charge in [0, 0.05) is 41.0 Å². The van der Waals surface area contributed by atoms with E-state index in [9.17, 15) is 28.2 Å². The Morgan fingerprint density at radius 1 is 1.00 bits per heavy atom. The second-order valence-corrected chi connectivity index (χ2v) is 21.3. The lowest BCUT2D eigenvalue weighted by molar-refractivity contribution is -0.181. The molecule has 0 amide bonds. The molecular weight excluding hydrogens is 829 g/mol. The summed E-state index contributed by atoms with van der Waals surface area (Å²) < 4.78 is 52.2. The number of methoxy groups -OCH3 is 1. The van der Waals surface area contributed by atoms with Crippen molar-refractivity contribution in [2.24, 2.45) is 23.2 Å². The molecule has 0 unspecified atom stereocenters. The van der Waals surface area contributed by atoms with Gasteiger partial charge in [-0.1, -0.05) is 64.1 Å². The molecule has 0 radical (unpaired) electrons. The molecule has 5 atom stereocenters. The number of hydrogen-bond acceptors (Lipinski definition) is 11. The van der Waals surface area contributed by atoms with E-state index in [1.165, 1.54) is 23.5 Å². The molecule has 3 aromatic carbocycles.